The molecule has 7 heteroatoms. The van der Waals surface area contributed by atoms with Gasteiger partial charge in [0.15, 0.2) is 0 Å². The van der Waals surface area contributed by atoms with Gasteiger partial charge in [-0.1, -0.05) is 6.92 Å². The Morgan fingerprint density at radius 1 is 1.58 bits per heavy atom. The lowest BCUT2D eigenvalue weighted by molar-refractivity contribution is -0.139. The number of carboxylic acid groups (broad SMARTS) is 1. The van der Waals surface area contributed by atoms with Crippen LogP contribution >= 0.6 is 7.60 Å². The Labute approximate surface area is 69.5 Å². The molecule has 0 radical (unpaired) electrons. The lowest BCUT2D eigenvalue weighted by atomic mass is 10.1. The summed E-state index contributed by atoms with van der Waals surface area (Å²) in [4.78, 5) is 27.2. The molecule has 0 amide bonds. The first-order valence-electron chi connectivity index (χ1n) is 3.27. The Morgan fingerprint density at radius 3 is 2.25 bits per heavy atom. The van der Waals surface area contributed by atoms with Gasteiger partial charge in [0, 0.05) is 0 Å². The van der Waals surface area contributed by atoms with Crippen LogP contribution in [0.4, 0.5) is 0 Å². The highest BCUT2D eigenvalue weighted by molar-refractivity contribution is 7.51. The second-order valence-corrected chi connectivity index (χ2v) is 4.38. The van der Waals surface area contributed by atoms with Crippen molar-refractivity contribution in [2.24, 2.45) is 11.7 Å². The highest BCUT2D eigenvalue weighted by Gasteiger charge is 2.26. The number of hydrogen-bond acceptors (Lipinski definition) is 3. The molecule has 0 aromatic carbocycles. The first kappa shape index (κ1) is 11.6. The van der Waals surface area contributed by atoms with Gasteiger partial charge in [-0.2, -0.15) is 0 Å². The highest BCUT2D eigenvalue weighted by Crippen LogP contribution is 2.37. The van der Waals surface area contributed by atoms with E-state index in [1.165, 1.54) is 6.92 Å². The van der Waals surface area contributed by atoms with Crippen LogP contribution in [0.5, 0.6) is 0 Å². The van der Waals surface area contributed by atoms with Crippen LogP contribution in [0.25, 0.3) is 0 Å². The SMILES string of the molecule is C[C@@H](CP(=O)(O)O)[C@H](N)C(=O)O. The van der Waals surface area contributed by atoms with Crippen molar-refractivity contribution in [2.45, 2.75) is 13.0 Å². The van der Waals surface area contributed by atoms with E-state index in [0.29, 0.717) is 0 Å². The van der Waals surface area contributed by atoms with Crippen LogP contribution in [0.2, 0.25) is 0 Å². The zero-order valence-electron chi connectivity index (χ0n) is 6.54. The predicted molar refractivity (Wildman–Crippen MR) is 41.7 cm³/mol. The van der Waals surface area contributed by atoms with Gasteiger partial charge in [0.25, 0.3) is 0 Å². The number of carboxylic acids is 1. The highest BCUT2D eigenvalue weighted by atomic mass is 31.2. The van der Waals surface area contributed by atoms with Crippen LogP contribution in [0.1, 0.15) is 6.92 Å². The minimum Gasteiger partial charge on any atom is -0.480 e. The maximum absolute atomic E-state index is 10.4. The third-order valence-corrected chi connectivity index (χ3v) is 2.48. The van der Waals surface area contributed by atoms with Crippen molar-refractivity contribution in [3.63, 3.8) is 0 Å². The maximum Gasteiger partial charge on any atom is 0.325 e. The van der Waals surface area contributed by atoms with E-state index in [2.05, 4.69) is 0 Å². The molecule has 0 heterocycles. The van der Waals surface area contributed by atoms with Gasteiger partial charge < -0.3 is 20.6 Å². The smallest absolute Gasteiger partial charge is 0.325 e. The van der Waals surface area contributed by atoms with Crippen LogP contribution in [-0.2, 0) is 9.36 Å². The Balaban J connectivity index is 4.13. The van der Waals surface area contributed by atoms with Gasteiger partial charge in [-0.15, -0.1) is 0 Å². The predicted octanol–water partition coefficient (Wildman–Crippen LogP) is -0.788. The summed E-state index contributed by atoms with van der Waals surface area (Å²) in [6, 6.07) is -1.22. The first-order valence-corrected chi connectivity index (χ1v) is 5.07. The minimum atomic E-state index is -4.16. The van der Waals surface area contributed by atoms with Crippen molar-refractivity contribution >= 4 is 13.6 Å². The van der Waals surface area contributed by atoms with Crippen LogP contribution < -0.4 is 5.73 Å². The third-order valence-electron chi connectivity index (χ3n) is 1.42. The summed E-state index contributed by atoms with van der Waals surface area (Å²) < 4.78 is 10.4. The number of aliphatic carboxylic acids is 1. The molecule has 0 saturated carbocycles. The van der Waals surface area contributed by atoms with Gasteiger partial charge >= 0.3 is 13.6 Å². The van der Waals surface area contributed by atoms with Crippen molar-refractivity contribution in [3.05, 3.63) is 0 Å². The summed E-state index contributed by atoms with van der Waals surface area (Å²) in [5, 5.41) is 8.37. The molecule has 0 aromatic rings. The molecule has 0 rings (SSSR count). The Bertz CT molecular complexity index is 212. The number of carbonyl (C=O) groups is 1. The quantitative estimate of drug-likeness (QED) is 0.438. The topological polar surface area (TPSA) is 121 Å². The summed E-state index contributed by atoms with van der Waals surface area (Å²) in [7, 11) is -4.16. The monoisotopic (exact) mass is 197 g/mol. The normalized spacial score (nSPS) is 17.0. The molecular formula is C5H12NO5P. The molecule has 2 atom stereocenters. The molecule has 0 aliphatic heterocycles. The van der Waals surface area contributed by atoms with Gasteiger partial charge in [-0.3, -0.25) is 9.36 Å². The Morgan fingerprint density at radius 2 is 2.00 bits per heavy atom. The molecule has 12 heavy (non-hydrogen) atoms. The molecule has 0 fully saturated rings. The van der Waals surface area contributed by atoms with E-state index < -0.39 is 31.7 Å². The zero-order chi connectivity index (χ0) is 9.94. The lowest BCUT2D eigenvalue weighted by Crippen LogP contribution is -2.38. The minimum absolute atomic E-state index is 0.500. The molecule has 0 aliphatic rings. The first-order chi connectivity index (χ1) is 5.24. The zero-order valence-corrected chi connectivity index (χ0v) is 7.44. The molecule has 0 spiro atoms. The van der Waals surface area contributed by atoms with E-state index in [4.69, 9.17) is 20.6 Å². The molecular weight excluding hydrogens is 185 g/mol. The average molecular weight is 197 g/mol. The molecule has 0 unspecified atom stereocenters. The van der Waals surface area contributed by atoms with Gasteiger partial charge in [0.2, 0.25) is 0 Å². The maximum atomic E-state index is 10.4. The molecule has 0 saturated heterocycles. The summed E-state index contributed by atoms with van der Waals surface area (Å²) in [5.41, 5.74) is 5.12. The van der Waals surface area contributed by atoms with Crippen molar-refractivity contribution in [3.8, 4) is 0 Å². The fraction of sp³-hybridized carbons (Fsp3) is 0.800. The van der Waals surface area contributed by atoms with Gasteiger partial charge in [-0.25, -0.2) is 0 Å². The Hall–Kier alpha value is -0.420. The number of hydrogen-bond donors (Lipinski definition) is 4. The van der Waals surface area contributed by atoms with E-state index in [0.717, 1.165) is 0 Å². The second-order valence-electron chi connectivity index (χ2n) is 2.69. The summed E-state index contributed by atoms with van der Waals surface area (Å²) in [6.45, 7) is 1.39. The van der Waals surface area contributed by atoms with Crippen molar-refractivity contribution in [2.75, 3.05) is 6.16 Å². The van der Waals surface area contributed by atoms with Crippen LogP contribution in [0, 0.1) is 5.92 Å². The fourth-order valence-electron chi connectivity index (χ4n) is 0.732. The van der Waals surface area contributed by atoms with Gasteiger partial charge in [0.1, 0.15) is 6.04 Å². The molecule has 0 bridgehead atoms. The van der Waals surface area contributed by atoms with Crippen LogP contribution in [-0.4, -0.2) is 33.1 Å². The van der Waals surface area contributed by atoms with Gasteiger partial charge in [-0.05, 0) is 5.92 Å². The molecule has 0 aromatic heterocycles. The molecule has 6 nitrogen and oxygen atoms in total. The largest absolute Gasteiger partial charge is 0.480 e. The van der Waals surface area contributed by atoms with E-state index in [1.807, 2.05) is 0 Å². The summed E-state index contributed by atoms with van der Waals surface area (Å²) in [5.74, 6) is -1.99. The van der Waals surface area contributed by atoms with Crippen LogP contribution in [0.3, 0.4) is 0 Å². The summed E-state index contributed by atoms with van der Waals surface area (Å²) >= 11 is 0. The van der Waals surface area contributed by atoms with E-state index >= 15 is 0 Å². The molecule has 72 valence electrons. The Kier molecular flexibility index (Phi) is 3.86. The summed E-state index contributed by atoms with van der Waals surface area (Å²) in [6.07, 6.45) is -0.500. The second kappa shape index (κ2) is 4.00. The van der Waals surface area contributed by atoms with Crippen molar-refractivity contribution in [1.82, 2.24) is 0 Å². The number of rotatable bonds is 4. The lowest BCUT2D eigenvalue weighted by Gasteiger charge is -2.15. The third kappa shape index (κ3) is 4.46. The number of nitrogens with two attached hydrogens (primary N) is 1. The van der Waals surface area contributed by atoms with E-state index in [1.54, 1.807) is 0 Å². The fourth-order valence-corrected chi connectivity index (χ4v) is 1.71. The van der Waals surface area contributed by atoms with E-state index in [-0.39, 0.29) is 0 Å². The van der Waals surface area contributed by atoms with Gasteiger partial charge in [0.05, 0.1) is 6.16 Å². The average Bonchev–Trinajstić information content (AvgIpc) is 1.82. The standard InChI is InChI=1S/C5H12NO5P/c1-3(2-12(9,10)11)4(6)5(7)8/h3-4H,2,6H2,1H3,(H,7,8)(H2,9,10,11)/t3-,4-/m0/s1. The van der Waals surface area contributed by atoms with Crippen LogP contribution in [0.15, 0.2) is 0 Å². The van der Waals surface area contributed by atoms with Crippen molar-refractivity contribution < 1.29 is 24.3 Å². The van der Waals surface area contributed by atoms with Crippen molar-refractivity contribution in [1.29, 1.82) is 0 Å². The van der Waals surface area contributed by atoms with E-state index in [9.17, 15) is 9.36 Å². The molecule has 5 N–H and O–H groups in total. The molecule has 0 aliphatic carbocycles.